The molecule has 0 aliphatic carbocycles. The Labute approximate surface area is 195 Å². The minimum absolute atomic E-state index is 0.0973. The maximum absolute atomic E-state index is 12.7. The van der Waals surface area contributed by atoms with Crippen LogP contribution in [0.3, 0.4) is 0 Å². The van der Waals surface area contributed by atoms with Crippen molar-refractivity contribution < 1.29 is 14.1 Å². The third-order valence-corrected chi connectivity index (χ3v) is 7.39. The van der Waals surface area contributed by atoms with Gasteiger partial charge in [0.1, 0.15) is 5.82 Å². The van der Waals surface area contributed by atoms with Gasteiger partial charge >= 0.3 is 7.12 Å². The third-order valence-electron chi connectivity index (χ3n) is 7.39. The largest absolute Gasteiger partial charge is 0.495 e. The number of piperazine rings is 1. The molecule has 0 atom stereocenters. The molecule has 9 heteroatoms. The van der Waals surface area contributed by atoms with E-state index in [1.807, 2.05) is 52.1 Å². The molecule has 0 unspecified atom stereocenters. The molecule has 2 fully saturated rings. The summed E-state index contributed by atoms with van der Waals surface area (Å²) in [7, 11) is 1.64. The lowest BCUT2D eigenvalue weighted by molar-refractivity contribution is 0.00578. The fourth-order valence-electron chi connectivity index (χ4n) is 4.52. The van der Waals surface area contributed by atoms with Crippen molar-refractivity contribution in [3.63, 3.8) is 0 Å². The van der Waals surface area contributed by atoms with Gasteiger partial charge in [-0.25, -0.2) is 4.98 Å². The molecule has 4 heterocycles. The van der Waals surface area contributed by atoms with Crippen molar-refractivity contribution in [3.8, 4) is 0 Å². The van der Waals surface area contributed by atoms with E-state index in [0.29, 0.717) is 17.9 Å². The molecule has 0 radical (unpaired) electrons. The summed E-state index contributed by atoms with van der Waals surface area (Å²) in [6.07, 6.45) is 1.90. The van der Waals surface area contributed by atoms with Gasteiger partial charge in [0.05, 0.1) is 34.3 Å². The monoisotopic (exact) mass is 449 g/mol. The van der Waals surface area contributed by atoms with E-state index in [9.17, 15) is 4.79 Å². The van der Waals surface area contributed by atoms with Crippen molar-refractivity contribution in [1.82, 2.24) is 15.2 Å². The molecule has 2 saturated heterocycles. The summed E-state index contributed by atoms with van der Waals surface area (Å²) in [5, 5.41) is 6.29. The van der Waals surface area contributed by atoms with E-state index >= 15 is 0 Å². The zero-order valence-corrected chi connectivity index (χ0v) is 20.1. The molecule has 5 rings (SSSR count). The molecular weight excluding hydrogens is 417 g/mol. The fraction of sp³-hybridized carbons (Fsp3) is 0.500. The Morgan fingerprint density at radius 2 is 1.73 bits per heavy atom. The molecule has 0 bridgehead atoms. The minimum Gasteiger partial charge on any atom is -0.399 e. The van der Waals surface area contributed by atoms with Crippen LogP contribution in [0.15, 0.2) is 30.5 Å². The maximum atomic E-state index is 12.7. The Balaban J connectivity index is 1.38. The molecule has 2 aromatic rings. The van der Waals surface area contributed by atoms with E-state index in [1.54, 1.807) is 0 Å². The fourth-order valence-corrected chi connectivity index (χ4v) is 4.52. The summed E-state index contributed by atoms with van der Waals surface area (Å²) in [5.74, 6) is 0.609. The first-order valence-electron chi connectivity index (χ1n) is 11.6. The van der Waals surface area contributed by atoms with Gasteiger partial charge in [-0.05, 0) is 64.0 Å². The van der Waals surface area contributed by atoms with E-state index in [1.165, 1.54) is 0 Å². The summed E-state index contributed by atoms with van der Waals surface area (Å²) >= 11 is 0. The number of pyridine rings is 1. The van der Waals surface area contributed by atoms with Gasteiger partial charge in [-0.1, -0.05) is 6.07 Å². The van der Waals surface area contributed by atoms with Crippen LogP contribution in [0.2, 0.25) is 0 Å². The maximum Gasteiger partial charge on any atom is 0.495 e. The summed E-state index contributed by atoms with van der Waals surface area (Å²) in [6.45, 7) is 12.7. The van der Waals surface area contributed by atoms with Gasteiger partial charge < -0.3 is 29.7 Å². The number of hydrogen-bond acceptors (Lipinski definition) is 7. The lowest BCUT2D eigenvalue weighted by Crippen LogP contribution is -2.44. The van der Waals surface area contributed by atoms with Gasteiger partial charge in [0.25, 0.3) is 5.91 Å². The highest BCUT2D eigenvalue weighted by molar-refractivity contribution is 6.63. The van der Waals surface area contributed by atoms with Gasteiger partial charge in [-0.2, -0.15) is 0 Å². The topological polar surface area (TPSA) is 79.0 Å². The van der Waals surface area contributed by atoms with E-state index in [0.717, 1.165) is 48.6 Å². The van der Waals surface area contributed by atoms with E-state index < -0.39 is 18.3 Å². The second kappa shape index (κ2) is 8.00. The van der Waals surface area contributed by atoms with Crippen molar-refractivity contribution in [1.29, 1.82) is 0 Å². The van der Waals surface area contributed by atoms with Crippen LogP contribution in [0.5, 0.6) is 0 Å². The van der Waals surface area contributed by atoms with Gasteiger partial charge in [-0.15, -0.1) is 0 Å². The smallest absolute Gasteiger partial charge is 0.399 e. The third kappa shape index (κ3) is 3.98. The van der Waals surface area contributed by atoms with Gasteiger partial charge in [0.2, 0.25) is 0 Å². The minimum atomic E-state index is -0.508. The Kier molecular flexibility index (Phi) is 5.38. The number of carbonyl (C=O) groups is 1. The quantitative estimate of drug-likeness (QED) is 0.693. The van der Waals surface area contributed by atoms with Crippen LogP contribution in [0.25, 0.3) is 0 Å². The van der Waals surface area contributed by atoms with Gasteiger partial charge in [-0.3, -0.25) is 4.79 Å². The second-order valence-electron chi connectivity index (χ2n) is 10.1. The van der Waals surface area contributed by atoms with Crippen LogP contribution in [0.1, 0.15) is 43.6 Å². The number of likely N-dealkylation sites (N-methyl/N-ethyl adjacent to an activating group) is 1. The van der Waals surface area contributed by atoms with Crippen LogP contribution in [0.4, 0.5) is 17.2 Å². The number of nitrogens with zero attached hydrogens (tertiary/aromatic N) is 3. The van der Waals surface area contributed by atoms with Crippen molar-refractivity contribution in [3.05, 3.63) is 41.6 Å². The lowest BCUT2D eigenvalue weighted by Gasteiger charge is -2.33. The van der Waals surface area contributed by atoms with E-state index in [-0.39, 0.29) is 5.91 Å². The average molecular weight is 449 g/mol. The van der Waals surface area contributed by atoms with Crippen LogP contribution < -0.4 is 21.0 Å². The molecule has 1 aromatic carbocycles. The summed E-state index contributed by atoms with van der Waals surface area (Å²) in [5.41, 5.74) is 3.42. The van der Waals surface area contributed by atoms with Gasteiger partial charge in [0.15, 0.2) is 0 Å². The van der Waals surface area contributed by atoms with Crippen molar-refractivity contribution in [2.24, 2.45) is 0 Å². The first-order chi connectivity index (χ1) is 15.6. The molecule has 8 nitrogen and oxygen atoms in total. The molecule has 0 spiro atoms. The Hall–Kier alpha value is -2.62. The number of hydrogen-bond donors (Lipinski definition) is 2. The zero-order valence-electron chi connectivity index (χ0n) is 20.1. The number of carbonyl (C=O) groups excluding carboxylic acids is 1. The van der Waals surface area contributed by atoms with Crippen LogP contribution in [-0.4, -0.2) is 67.3 Å². The Morgan fingerprint density at radius 1 is 1.03 bits per heavy atom. The SMILES string of the molecule is CN1CCN(c2ccc(Nc3ccc(B4OC(C)(C)C(C)(C)O4)c4c3C(=O)NC4)nc2)CC1. The normalized spacial score (nSPS) is 21.8. The highest BCUT2D eigenvalue weighted by Gasteiger charge is 2.52. The lowest BCUT2D eigenvalue weighted by atomic mass is 9.75. The Morgan fingerprint density at radius 3 is 2.36 bits per heavy atom. The molecule has 3 aliphatic rings. The summed E-state index contributed by atoms with van der Waals surface area (Å²) in [6, 6.07) is 7.96. The predicted molar refractivity (Wildman–Crippen MR) is 131 cm³/mol. The molecule has 2 N–H and O–H groups in total. The van der Waals surface area contributed by atoms with Crippen LogP contribution in [0, 0.1) is 0 Å². The highest BCUT2D eigenvalue weighted by Crippen LogP contribution is 2.37. The molecule has 1 amide bonds. The number of aromatic nitrogens is 1. The molecule has 174 valence electrons. The number of benzene rings is 1. The standard InChI is InChI=1S/C24H32BN5O3/c1-23(2)24(3,4)33-25(32-23)18-7-8-19(21-17(18)15-27-22(21)31)28-20-9-6-16(14-26-20)30-12-10-29(5)11-13-30/h6-9,14H,10-13,15H2,1-5H3,(H,26,28)(H,27,31). The van der Waals surface area contributed by atoms with Crippen molar-refractivity contribution >= 4 is 35.7 Å². The van der Waals surface area contributed by atoms with E-state index in [2.05, 4.69) is 38.5 Å². The van der Waals surface area contributed by atoms with E-state index in [4.69, 9.17) is 9.31 Å². The Bertz CT molecular complexity index is 1050. The first kappa shape index (κ1) is 22.2. The molecule has 3 aliphatic heterocycles. The second-order valence-corrected chi connectivity index (χ2v) is 10.1. The predicted octanol–water partition coefficient (Wildman–Crippen LogP) is 2.12. The molecule has 0 saturated carbocycles. The number of nitrogens with one attached hydrogen (secondary N) is 2. The zero-order chi connectivity index (χ0) is 23.4. The van der Waals surface area contributed by atoms with Crippen molar-refractivity contribution in [2.75, 3.05) is 43.4 Å². The summed E-state index contributed by atoms with van der Waals surface area (Å²) < 4.78 is 12.5. The summed E-state index contributed by atoms with van der Waals surface area (Å²) in [4.78, 5) is 22.0. The van der Waals surface area contributed by atoms with Crippen LogP contribution >= 0.6 is 0 Å². The molecule has 33 heavy (non-hydrogen) atoms. The number of anilines is 3. The van der Waals surface area contributed by atoms with Crippen LogP contribution in [-0.2, 0) is 15.9 Å². The number of rotatable bonds is 4. The van der Waals surface area contributed by atoms with Crippen molar-refractivity contribution in [2.45, 2.75) is 45.4 Å². The number of fused-ring (bicyclic) bond motifs is 1. The first-order valence-corrected chi connectivity index (χ1v) is 11.6. The average Bonchev–Trinajstić information content (AvgIpc) is 3.26. The highest BCUT2D eigenvalue weighted by atomic mass is 16.7. The number of amides is 1. The van der Waals surface area contributed by atoms with Gasteiger partial charge in [0, 0.05) is 32.7 Å². The molecule has 1 aromatic heterocycles. The molecular formula is C24H32BN5O3.